The van der Waals surface area contributed by atoms with E-state index >= 15 is 0 Å². The average molecular weight is 719 g/mol. The lowest BCUT2D eigenvalue weighted by Gasteiger charge is -2.17. The zero-order chi connectivity index (χ0) is 38.1. The van der Waals surface area contributed by atoms with E-state index in [2.05, 4.69) is 175 Å². The van der Waals surface area contributed by atoms with Gasteiger partial charge in [-0.25, -0.2) is 9.83 Å². The Morgan fingerprint density at radius 1 is 0.429 bits per heavy atom. The molecule has 3 heterocycles. The van der Waals surface area contributed by atoms with E-state index in [1.54, 1.807) is 0 Å². The Hall–Kier alpha value is -7.22. The fraction of sp³-hybridized carbons (Fsp3) is 0.0769. The molecule has 0 amide bonds. The summed E-state index contributed by atoms with van der Waals surface area (Å²) >= 11 is 0. The van der Waals surface area contributed by atoms with Crippen molar-refractivity contribution in [3.8, 4) is 44.9 Å². The van der Waals surface area contributed by atoms with Crippen molar-refractivity contribution in [2.24, 2.45) is 0 Å². The first kappa shape index (κ1) is 33.4. The van der Waals surface area contributed by atoms with Crippen LogP contribution in [0.5, 0.6) is 0 Å². The number of aromatic nitrogens is 3. The van der Waals surface area contributed by atoms with E-state index in [0.717, 1.165) is 44.7 Å². The van der Waals surface area contributed by atoms with Gasteiger partial charge in [0.15, 0.2) is 5.69 Å². The minimum atomic E-state index is 0.598. The van der Waals surface area contributed by atoms with E-state index in [1.165, 1.54) is 66.1 Å². The van der Waals surface area contributed by atoms with E-state index in [1.807, 2.05) is 24.4 Å². The maximum Gasteiger partial charge on any atom is 0.187 e. The minimum absolute atomic E-state index is 0.598. The van der Waals surface area contributed by atoms with Gasteiger partial charge in [0, 0.05) is 27.1 Å². The molecule has 0 saturated heterocycles. The van der Waals surface area contributed by atoms with E-state index in [-0.39, 0.29) is 0 Å². The van der Waals surface area contributed by atoms with Crippen molar-refractivity contribution in [3.63, 3.8) is 0 Å². The highest BCUT2D eigenvalue weighted by atomic mass is 15.1. The molecule has 4 nitrogen and oxygen atoms in total. The molecule has 3 aromatic heterocycles. The van der Waals surface area contributed by atoms with Gasteiger partial charge in [-0.15, -0.1) is 0 Å². The van der Waals surface area contributed by atoms with Gasteiger partial charge in [-0.2, -0.15) is 0 Å². The van der Waals surface area contributed by atoms with Gasteiger partial charge >= 0.3 is 0 Å². The predicted molar refractivity (Wildman–Crippen MR) is 234 cm³/mol. The van der Waals surface area contributed by atoms with Gasteiger partial charge in [-0.1, -0.05) is 138 Å². The Morgan fingerprint density at radius 3 is 1.52 bits per heavy atom. The van der Waals surface area contributed by atoms with Crippen LogP contribution in [-0.4, -0.2) is 14.1 Å². The zero-order valence-corrected chi connectivity index (χ0v) is 31.8. The van der Waals surface area contributed by atoms with Crippen LogP contribution in [0, 0.1) is 34.3 Å². The molecule has 7 aromatic carbocycles. The van der Waals surface area contributed by atoms with Crippen LogP contribution in [0.15, 0.2) is 158 Å². The highest BCUT2D eigenvalue weighted by Crippen LogP contribution is 2.41. The first-order valence-corrected chi connectivity index (χ1v) is 19.1. The molecule has 0 unspecified atom stereocenters. The van der Waals surface area contributed by atoms with Crippen LogP contribution < -0.4 is 0 Å². The number of hydrogen-bond acceptors (Lipinski definition) is 1. The molecule has 0 radical (unpaired) electrons. The SMILES string of the molecule is [C-]#[N+]c1cccc(-c2cc(-n3c4ccccc4c4ccc(-c5cc(C)cc(C)c5)cc43)ncc2-n2c3ccccc3c3ccc(-c4cc(C)cc(C)c4)cc32)c1. The van der Waals surface area contributed by atoms with Crippen LogP contribution >= 0.6 is 0 Å². The maximum atomic E-state index is 7.90. The second-order valence-corrected chi connectivity index (χ2v) is 15.1. The molecule has 0 aliphatic rings. The van der Waals surface area contributed by atoms with Crippen molar-refractivity contribution in [1.29, 1.82) is 0 Å². The smallest absolute Gasteiger partial charge is 0.187 e. The Labute approximate surface area is 326 Å². The third kappa shape index (κ3) is 5.48. The lowest BCUT2D eigenvalue weighted by molar-refractivity contribution is 1.06. The summed E-state index contributed by atoms with van der Waals surface area (Å²) < 4.78 is 4.66. The van der Waals surface area contributed by atoms with E-state index in [4.69, 9.17) is 11.6 Å². The molecule has 0 saturated carbocycles. The normalized spacial score (nSPS) is 11.6. The second kappa shape index (κ2) is 13.0. The number of fused-ring (bicyclic) bond motifs is 6. The third-order valence-electron chi connectivity index (χ3n) is 11.1. The number of pyridine rings is 1. The Balaban J connectivity index is 1.26. The number of para-hydroxylation sites is 2. The minimum Gasteiger partial charge on any atom is -0.307 e. The van der Waals surface area contributed by atoms with Crippen molar-refractivity contribution in [3.05, 3.63) is 192 Å². The number of aryl methyl sites for hydroxylation is 4. The van der Waals surface area contributed by atoms with Crippen LogP contribution in [0.1, 0.15) is 22.3 Å². The molecule has 0 N–H and O–H groups in total. The van der Waals surface area contributed by atoms with Crippen molar-refractivity contribution < 1.29 is 0 Å². The monoisotopic (exact) mass is 718 g/mol. The lowest BCUT2D eigenvalue weighted by atomic mass is 9.99. The van der Waals surface area contributed by atoms with Crippen LogP contribution in [0.3, 0.4) is 0 Å². The van der Waals surface area contributed by atoms with E-state index in [9.17, 15) is 0 Å². The molecule has 0 bridgehead atoms. The molecule has 10 aromatic rings. The molecule has 0 aliphatic heterocycles. The quantitative estimate of drug-likeness (QED) is 0.163. The summed E-state index contributed by atoms with van der Waals surface area (Å²) in [5.41, 5.74) is 17.6. The largest absolute Gasteiger partial charge is 0.307 e. The Bertz CT molecular complexity index is 3220. The second-order valence-electron chi connectivity index (χ2n) is 15.1. The Morgan fingerprint density at radius 2 is 0.946 bits per heavy atom. The fourth-order valence-electron chi connectivity index (χ4n) is 8.80. The summed E-state index contributed by atoms with van der Waals surface area (Å²) in [4.78, 5) is 9.17. The Kier molecular flexibility index (Phi) is 7.73. The summed E-state index contributed by atoms with van der Waals surface area (Å²) in [6.07, 6.45) is 2.03. The van der Waals surface area contributed by atoms with Crippen LogP contribution in [0.25, 0.3) is 93.3 Å². The average Bonchev–Trinajstić information content (AvgIpc) is 3.72. The molecule has 0 aliphatic carbocycles. The topological polar surface area (TPSA) is 27.1 Å². The molecule has 0 fully saturated rings. The summed E-state index contributed by atoms with van der Waals surface area (Å²) in [5, 5.41) is 4.72. The molecule has 4 heteroatoms. The van der Waals surface area contributed by atoms with E-state index in [0.29, 0.717) is 5.69 Å². The van der Waals surface area contributed by atoms with Gasteiger partial charge < -0.3 is 4.57 Å². The van der Waals surface area contributed by atoms with Gasteiger partial charge in [0.2, 0.25) is 0 Å². The van der Waals surface area contributed by atoms with Gasteiger partial charge in [0.05, 0.1) is 40.5 Å². The number of benzene rings is 7. The summed E-state index contributed by atoms with van der Waals surface area (Å²) in [6.45, 7) is 16.5. The number of nitrogens with zero attached hydrogens (tertiary/aromatic N) is 4. The highest BCUT2D eigenvalue weighted by Gasteiger charge is 2.20. The summed E-state index contributed by atoms with van der Waals surface area (Å²) in [7, 11) is 0. The summed E-state index contributed by atoms with van der Waals surface area (Å²) in [5.74, 6) is 0.817. The maximum absolute atomic E-state index is 7.90. The van der Waals surface area contributed by atoms with Crippen molar-refractivity contribution >= 4 is 49.3 Å². The lowest BCUT2D eigenvalue weighted by Crippen LogP contribution is -2.03. The number of rotatable bonds is 5. The van der Waals surface area contributed by atoms with Crippen LogP contribution in [-0.2, 0) is 0 Å². The van der Waals surface area contributed by atoms with Crippen molar-refractivity contribution in [2.45, 2.75) is 27.7 Å². The molecule has 56 heavy (non-hydrogen) atoms. The van der Waals surface area contributed by atoms with Gasteiger partial charge in [-0.3, -0.25) is 4.57 Å². The molecule has 266 valence electrons. The molecule has 0 spiro atoms. The van der Waals surface area contributed by atoms with Crippen LogP contribution in [0.2, 0.25) is 0 Å². The zero-order valence-electron chi connectivity index (χ0n) is 31.8. The van der Waals surface area contributed by atoms with Crippen molar-refractivity contribution in [1.82, 2.24) is 14.1 Å². The van der Waals surface area contributed by atoms with E-state index < -0.39 is 0 Å². The van der Waals surface area contributed by atoms with Crippen LogP contribution in [0.4, 0.5) is 5.69 Å². The summed E-state index contributed by atoms with van der Waals surface area (Å²) in [6, 6.07) is 54.5. The van der Waals surface area contributed by atoms with Crippen molar-refractivity contribution in [2.75, 3.05) is 0 Å². The first-order chi connectivity index (χ1) is 27.3. The molecular formula is C52H38N4. The standard InChI is InChI=1S/C52H38N4/c1-32-21-33(2)24-39(23-32)36-17-19-44-42-13-6-8-15-47(42)55(49(44)28-36)51-31-54-52(30-46(51)38-11-10-12-41(27-38)53-5)56-48-16-9-7-14-43(48)45-20-18-37(29-50(45)56)40-25-34(3)22-35(4)26-40/h6-31H,1-4H3. The van der Waals surface area contributed by atoms with Gasteiger partial charge in [-0.05, 0) is 91.9 Å². The number of hydrogen-bond donors (Lipinski definition) is 0. The predicted octanol–water partition coefficient (Wildman–Crippen LogP) is 14.1. The molecule has 10 rings (SSSR count). The fourth-order valence-corrected chi connectivity index (χ4v) is 8.80. The van der Waals surface area contributed by atoms with Gasteiger partial charge in [0.25, 0.3) is 0 Å². The molecular weight excluding hydrogens is 681 g/mol. The first-order valence-electron chi connectivity index (χ1n) is 19.1. The molecule has 0 atom stereocenters. The van der Waals surface area contributed by atoms with Gasteiger partial charge in [0.1, 0.15) is 5.82 Å². The highest BCUT2D eigenvalue weighted by molar-refractivity contribution is 6.12. The third-order valence-corrected chi connectivity index (χ3v) is 11.1.